The van der Waals surface area contributed by atoms with Crippen LogP contribution < -0.4 is 5.32 Å². The molecule has 0 unspecified atom stereocenters. The molecule has 0 aliphatic rings. The molecule has 0 aliphatic carbocycles. The van der Waals surface area contributed by atoms with Gasteiger partial charge < -0.3 is 9.73 Å². The van der Waals surface area contributed by atoms with Crippen molar-refractivity contribution in [3.63, 3.8) is 0 Å². The summed E-state index contributed by atoms with van der Waals surface area (Å²) in [6.07, 6.45) is 7.83. The third-order valence-electron chi connectivity index (χ3n) is 3.53. The largest absolute Gasteiger partial charge is 0.421 e. The Bertz CT molecular complexity index is 536. The molecule has 0 radical (unpaired) electrons. The smallest absolute Gasteiger partial charge is 0.249 e. The van der Waals surface area contributed by atoms with Crippen molar-refractivity contribution < 1.29 is 4.42 Å². The molecule has 2 rings (SSSR count). The van der Waals surface area contributed by atoms with Crippen LogP contribution >= 0.6 is 0 Å². The van der Waals surface area contributed by atoms with Gasteiger partial charge in [0.15, 0.2) is 0 Å². The van der Waals surface area contributed by atoms with E-state index in [1.807, 2.05) is 25.1 Å². The lowest BCUT2D eigenvalue weighted by Crippen LogP contribution is -2.02. The van der Waals surface area contributed by atoms with Crippen LogP contribution in [0.1, 0.15) is 51.3 Å². The highest BCUT2D eigenvalue weighted by Gasteiger charge is 2.10. The first-order chi connectivity index (χ1) is 10.3. The number of rotatable bonds is 9. The maximum Gasteiger partial charge on any atom is 0.249 e. The normalized spacial score (nSPS) is 10.8. The fraction of sp³-hybridized carbons (Fsp3) is 0.529. The average Bonchev–Trinajstić information content (AvgIpc) is 2.93. The van der Waals surface area contributed by atoms with Crippen molar-refractivity contribution in [1.82, 2.24) is 10.2 Å². The molecule has 1 aromatic heterocycles. The van der Waals surface area contributed by atoms with Crippen LogP contribution in [0, 0.1) is 6.92 Å². The molecule has 0 saturated carbocycles. The number of nitrogens with one attached hydrogen (secondary N) is 1. The Balaban J connectivity index is 1.83. The zero-order valence-corrected chi connectivity index (χ0v) is 13.1. The number of para-hydroxylation sites is 1. The molecule has 114 valence electrons. The maximum absolute atomic E-state index is 5.52. The monoisotopic (exact) mass is 287 g/mol. The van der Waals surface area contributed by atoms with Crippen LogP contribution in [0.5, 0.6) is 0 Å². The van der Waals surface area contributed by atoms with Crippen LogP contribution in [-0.4, -0.2) is 16.7 Å². The number of hydrogen-bond acceptors (Lipinski definition) is 4. The Labute approximate surface area is 127 Å². The van der Waals surface area contributed by atoms with E-state index < -0.39 is 0 Å². The lowest BCUT2D eigenvalue weighted by molar-refractivity contribution is 0.533. The van der Waals surface area contributed by atoms with E-state index in [9.17, 15) is 0 Å². The molecule has 0 atom stereocenters. The molecule has 0 bridgehead atoms. The molecule has 2 aromatic rings. The van der Waals surface area contributed by atoms with E-state index in [1.165, 1.54) is 38.5 Å². The third-order valence-corrected chi connectivity index (χ3v) is 3.53. The molecule has 0 saturated heterocycles. The van der Waals surface area contributed by atoms with Gasteiger partial charge in [0.2, 0.25) is 11.8 Å². The molecule has 4 heteroatoms. The molecule has 1 aromatic carbocycles. The Morgan fingerprint density at radius 1 is 1.00 bits per heavy atom. The van der Waals surface area contributed by atoms with Crippen molar-refractivity contribution in [3.05, 3.63) is 30.2 Å². The maximum atomic E-state index is 5.52. The van der Waals surface area contributed by atoms with Crippen molar-refractivity contribution in [2.24, 2.45) is 0 Å². The van der Waals surface area contributed by atoms with Crippen LogP contribution in [-0.2, 0) is 0 Å². The molecule has 0 spiro atoms. The molecule has 0 fully saturated rings. The fourth-order valence-electron chi connectivity index (χ4n) is 2.36. The minimum atomic E-state index is 0.582. The summed E-state index contributed by atoms with van der Waals surface area (Å²) in [5.74, 6) is 1.18. The van der Waals surface area contributed by atoms with Crippen molar-refractivity contribution in [2.45, 2.75) is 52.4 Å². The van der Waals surface area contributed by atoms with Gasteiger partial charge in [0.05, 0.1) is 5.56 Å². The van der Waals surface area contributed by atoms with Gasteiger partial charge in [-0.1, -0.05) is 51.2 Å². The number of aryl methyl sites for hydroxylation is 1. The second kappa shape index (κ2) is 8.45. The van der Waals surface area contributed by atoms with Gasteiger partial charge in [-0.05, 0) is 18.6 Å². The molecule has 1 heterocycles. The van der Waals surface area contributed by atoms with Crippen molar-refractivity contribution >= 4 is 5.69 Å². The van der Waals surface area contributed by atoms with Gasteiger partial charge in [0.1, 0.15) is 0 Å². The minimum absolute atomic E-state index is 0.582. The van der Waals surface area contributed by atoms with E-state index >= 15 is 0 Å². The first kappa shape index (κ1) is 15.5. The summed E-state index contributed by atoms with van der Waals surface area (Å²) < 4.78 is 5.52. The van der Waals surface area contributed by atoms with E-state index in [1.54, 1.807) is 0 Å². The van der Waals surface area contributed by atoms with Crippen molar-refractivity contribution in [1.29, 1.82) is 0 Å². The molecule has 21 heavy (non-hydrogen) atoms. The molecular weight excluding hydrogens is 262 g/mol. The van der Waals surface area contributed by atoms with E-state index in [0.717, 1.165) is 17.8 Å². The Morgan fingerprint density at radius 3 is 2.52 bits per heavy atom. The van der Waals surface area contributed by atoms with Gasteiger partial charge in [0, 0.05) is 19.2 Å². The van der Waals surface area contributed by atoms with Crippen LogP contribution in [0.25, 0.3) is 11.5 Å². The summed E-state index contributed by atoms with van der Waals surface area (Å²) >= 11 is 0. The quantitative estimate of drug-likeness (QED) is 0.672. The second-order valence-electron chi connectivity index (χ2n) is 5.37. The van der Waals surface area contributed by atoms with E-state index in [0.29, 0.717) is 11.8 Å². The van der Waals surface area contributed by atoms with Gasteiger partial charge >= 0.3 is 0 Å². The molecule has 0 amide bonds. The summed E-state index contributed by atoms with van der Waals surface area (Å²) in [4.78, 5) is 0. The van der Waals surface area contributed by atoms with Gasteiger partial charge in [-0.3, -0.25) is 0 Å². The Kier molecular flexibility index (Phi) is 6.25. The molecule has 0 aliphatic heterocycles. The van der Waals surface area contributed by atoms with E-state index in [4.69, 9.17) is 4.42 Å². The second-order valence-corrected chi connectivity index (χ2v) is 5.37. The summed E-state index contributed by atoms with van der Waals surface area (Å²) in [6, 6.07) is 8.09. The van der Waals surface area contributed by atoms with Crippen LogP contribution in [0.2, 0.25) is 0 Å². The number of hydrogen-bond donors (Lipinski definition) is 1. The highest BCUT2D eigenvalue weighted by atomic mass is 16.4. The number of aromatic nitrogens is 2. The summed E-state index contributed by atoms with van der Waals surface area (Å²) in [5.41, 5.74) is 2.04. The van der Waals surface area contributed by atoms with Gasteiger partial charge in [-0.2, -0.15) is 0 Å². The van der Waals surface area contributed by atoms with Crippen LogP contribution in [0.3, 0.4) is 0 Å². The highest BCUT2D eigenvalue weighted by Crippen LogP contribution is 2.26. The topological polar surface area (TPSA) is 51.0 Å². The zero-order chi connectivity index (χ0) is 14.9. The number of anilines is 1. The van der Waals surface area contributed by atoms with Gasteiger partial charge in [-0.15, -0.1) is 10.2 Å². The molecule has 1 N–H and O–H groups in total. The lowest BCUT2D eigenvalue weighted by Gasteiger charge is -2.09. The fourth-order valence-corrected chi connectivity index (χ4v) is 2.36. The Hall–Kier alpha value is -1.84. The number of nitrogens with zero attached hydrogens (tertiary/aromatic N) is 2. The van der Waals surface area contributed by atoms with E-state index in [-0.39, 0.29) is 0 Å². The summed E-state index contributed by atoms with van der Waals surface area (Å²) in [7, 11) is 0. The van der Waals surface area contributed by atoms with Gasteiger partial charge in [-0.25, -0.2) is 0 Å². The van der Waals surface area contributed by atoms with Crippen LogP contribution in [0.4, 0.5) is 5.69 Å². The number of unbranched alkanes of at least 4 members (excludes halogenated alkanes) is 5. The van der Waals surface area contributed by atoms with Crippen LogP contribution in [0.15, 0.2) is 28.7 Å². The highest BCUT2D eigenvalue weighted by molar-refractivity contribution is 5.72. The predicted octanol–water partition coefficient (Wildman–Crippen LogP) is 4.82. The lowest BCUT2D eigenvalue weighted by atomic mass is 10.1. The molecule has 4 nitrogen and oxygen atoms in total. The first-order valence-electron chi connectivity index (χ1n) is 7.94. The third kappa shape index (κ3) is 4.88. The van der Waals surface area contributed by atoms with Crippen molar-refractivity contribution in [3.8, 4) is 11.5 Å². The van der Waals surface area contributed by atoms with E-state index in [2.05, 4.69) is 28.5 Å². The molecular formula is C17H25N3O. The number of benzene rings is 1. The van der Waals surface area contributed by atoms with Crippen molar-refractivity contribution in [2.75, 3.05) is 11.9 Å². The Morgan fingerprint density at radius 2 is 1.76 bits per heavy atom. The summed E-state index contributed by atoms with van der Waals surface area (Å²) in [5, 5.41) is 11.5. The zero-order valence-electron chi connectivity index (χ0n) is 13.1. The SMILES string of the molecule is CCCCCCCCNc1ccccc1-c1nnc(C)o1. The summed E-state index contributed by atoms with van der Waals surface area (Å²) in [6.45, 7) is 5.04. The minimum Gasteiger partial charge on any atom is -0.421 e. The first-order valence-corrected chi connectivity index (χ1v) is 7.94. The van der Waals surface area contributed by atoms with Gasteiger partial charge in [0.25, 0.3) is 0 Å². The average molecular weight is 287 g/mol. The predicted molar refractivity (Wildman–Crippen MR) is 86.3 cm³/mol. The standard InChI is InChI=1S/C17H25N3O/c1-3-4-5-6-7-10-13-18-16-12-9-8-11-15(16)17-20-19-14(2)21-17/h8-9,11-12,18H,3-7,10,13H2,1-2H3.